The van der Waals surface area contributed by atoms with Crippen LogP contribution in [0.25, 0.3) is 0 Å². The van der Waals surface area contributed by atoms with Gasteiger partial charge in [-0.2, -0.15) is 0 Å². The summed E-state index contributed by atoms with van der Waals surface area (Å²) in [4.78, 5) is 0. The molecule has 3 atom stereocenters. The van der Waals surface area contributed by atoms with E-state index in [1.807, 2.05) is 5.92 Å². The lowest BCUT2D eigenvalue weighted by atomic mass is 9.58. The van der Waals surface area contributed by atoms with Crippen molar-refractivity contribution >= 4 is 0 Å². The zero-order valence-electron chi connectivity index (χ0n) is 14.3. The summed E-state index contributed by atoms with van der Waals surface area (Å²) in [6.45, 7) is 17.6. The van der Waals surface area contributed by atoms with E-state index in [-0.39, 0.29) is 0 Å². The zero-order valence-corrected chi connectivity index (χ0v) is 14.3. The van der Waals surface area contributed by atoms with Crippen molar-refractivity contribution in [3.63, 3.8) is 0 Å². The highest BCUT2D eigenvalue weighted by molar-refractivity contribution is 5.16. The summed E-state index contributed by atoms with van der Waals surface area (Å²) < 4.78 is 0. The third kappa shape index (κ3) is 2.74. The minimum atomic E-state index is 0.505. The molecule has 2 fully saturated rings. The lowest BCUT2D eigenvalue weighted by Crippen LogP contribution is -2.39. The van der Waals surface area contributed by atoms with E-state index in [1.54, 1.807) is 0 Å². The highest BCUT2D eigenvalue weighted by atomic mass is 14.6. The Balaban J connectivity index is 2.35. The van der Waals surface area contributed by atoms with Crippen molar-refractivity contribution in [3.05, 3.63) is 5.92 Å². The monoisotopic (exact) mass is 263 g/mol. The van der Waals surface area contributed by atoms with E-state index in [1.165, 1.54) is 32.1 Å². The van der Waals surface area contributed by atoms with Crippen LogP contribution in [0.1, 0.15) is 80.6 Å². The van der Waals surface area contributed by atoms with Gasteiger partial charge in [0.05, 0.1) is 0 Å². The molecule has 19 heavy (non-hydrogen) atoms. The quantitative estimate of drug-likeness (QED) is 0.500. The average molecular weight is 263 g/mol. The smallest absolute Gasteiger partial charge is 0.0140 e. The topological polar surface area (TPSA) is 0 Å². The minimum Gasteiger partial charge on any atom is -0.0622 e. The maximum atomic E-state index is 2.52. The van der Waals surface area contributed by atoms with E-state index in [4.69, 9.17) is 0 Å². The molecule has 0 amide bonds. The van der Waals surface area contributed by atoms with Gasteiger partial charge in [0, 0.05) is 0 Å². The van der Waals surface area contributed by atoms with Crippen LogP contribution in [0, 0.1) is 40.4 Å². The Hall–Kier alpha value is 0. The number of hydrogen-bond donors (Lipinski definition) is 0. The van der Waals surface area contributed by atoms with E-state index in [0.717, 1.165) is 23.7 Å². The van der Waals surface area contributed by atoms with Crippen LogP contribution in [0.2, 0.25) is 0 Å². The molecule has 111 valence electrons. The van der Waals surface area contributed by atoms with Crippen molar-refractivity contribution < 1.29 is 0 Å². The van der Waals surface area contributed by atoms with Crippen molar-refractivity contribution in [3.8, 4) is 0 Å². The molecule has 2 aliphatic rings. The fraction of sp³-hybridized carbons (Fsp3) is 0.947. The summed E-state index contributed by atoms with van der Waals surface area (Å²) in [5, 5.41) is 0. The molecule has 0 aliphatic heterocycles. The molecule has 0 saturated heterocycles. The second kappa shape index (κ2) is 5.08. The van der Waals surface area contributed by atoms with E-state index < -0.39 is 0 Å². The normalized spacial score (nSPS) is 40.3. The summed E-state index contributed by atoms with van der Waals surface area (Å²) in [5.74, 6) is 5.29. The minimum absolute atomic E-state index is 0.505. The van der Waals surface area contributed by atoms with Gasteiger partial charge in [0.1, 0.15) is 0 Å². The maximum Gasteiger partial charge on any atom is -0.0140 e. The van der Waals surface area contributed by atoms with Crippen LogP contribution in [0.5, 0.6) is 0 Å². The molecule has 3 unspecified atom stereocenters. The van der Waals surface area contributed by atoms with Gasteiger partial charge in [-0.15, -0.1) is 0 Å². The van der Waals surface area contributed by atoms with Crippen LogP contribution < -0.4 is 0 Å². The van der Waals surface area contributed by atoms with Crippen LogP contribution in [-0.2, 0) is 0 Å². The maximum absolute atomic E-state index is 2.52. The van der Waals surface area contributed by atoms with E-state index >= 15 is 0 Å². The first-order valence-corrected chi connectivity index (χ1v) is 8.53. The molecule has 0 heterocycles. The molecule has 0 heteroatoms. The van der Waals surface area contributed by atoms with Gasteiger partial charge in [-0.3, -0.25) is 0 Å². The summed E-state index contributed by atoms with van der Waals surface area (Å²) in [7, 11) is 0. The molecular formula is C19H35. The average Bonchev–Trinajstić information content (AvgIpc) is 2.43. The van der Waals surface area contributed by atoms with Crippen LogP contribution >= 0.6 is 0 Å². The summed E-state index contributed by atoms with van der Waals surface area (Å²) in [5.41, 5.74) is 1.01. The van der Waals surface area contributed by atoms with Crippen molar-refractivity contribution in [1.82, 2.24) is 0 Å². The van der Waals surface area contributed by atoms with Crippen LogP contribution in [-0.4, -0.2) is 0 Å². The van der Waals surface area contributed by atoms with Crippen LogP contribution in [0.4, 0.5) is 0 Å². The molecule has 2 rings (SSSR count). The van der Waals surface area contributed by atoms with E-state index in [9.17, 15) is 0 Å². The van der Waals surface area contributed by atoms with Gasteiger partial charge >= 0.3 is 0 Å². The largest absolute Gasteiger partial charge is 0.0622 e. The van der Waals surface area contributed by atoms with E-state index in [0.29, 0.717) is 10.8 Å². The first kappa shape index (κ1) is 15.4. The Labute approximate surface area is 121 Å². The van der Waals surface area contributed by atoms with Gasteiger partial charge in [0.15, 0.2) is 0 Å². The molecular weight excluding hydrogens is 228 g/mol. The lowest BCUT2D eigenvalue weighted by molar-refractivity contribution is 0.121. The molecule has 2 saturated carbocycles. The molecule has 2 aliphatic carbocycles. The molecule has 0 aromatic carbocycles. The third-order valence-electron chi connectivity index (χ3n) is 6.55. The van der Waals surface area contributed by atoms with Crippen molar-refractivity contribution in [2.75, 3.05) is 0 Å². The van der Waals surface area contributed by atoms with Gasteiger partial charge < -0.3 is 0 Å². The summed E-state index contributed by atoms with van der Waals surface area (Å²) >= 11 is 0. The van der Waals surface area contributed by atoms with Gasteiger partial charge in [0.2, 0.25) is 0 Å². The predicted octanol–water partition coefficient (Wildman–Crippen LogP) is 6.12. The van der Waals surface area contributed by atoms with Crippen molar-refractivity contribution in [2.24, 2.45) is 34.5 Å². The molecule has 0 bridgehead atoms. The highest BCUT2D eigenvalue weighted by Crippen LogP contribution is 2.61. The molecule has 0 spiro atoms. The molecule has 0 N–H and O–H groups in total. The van der Waals surface area contributed by atoms with Gasteiger partial charge in [-0.05, 0) is 53.3 Å². The summed E-state index contributed by atoms with van der Waals surface area (Å²) in [6, 6.07) is 0. The SMILES string of the molecule is CC1CCCC(C)C(C)[C]1C1C(C)(C)CCC1(C)C. The van der Waals surface area contributed by atoms with Crippen LogP contribution in [0.15, 0.2) is 0 Å². The first-order valence-electron chi connectivity index (χ1n) is 8.53. The van der Waals surface area contributed by atoms with E-state index in [2.05, 4.69) is 48.5 Å². The fourth-order valence-electron chi connectivity index (χ4n) is 5.38. The number of hydrogen-bond acceptors (Lipinski definition) is 0. The van der Waals surface area contributed by atoms with Gasteiger partial charge in [-0.25, -0.2) is 0 Å². The predicted molar refractivity (Wildman–Crippen MR) is 84.9 cm³/mol. The van der Waals surface area contributed by atoms with Crippen LogP contribution in [0.3, 0.4) is 0 Å². The Bertz CT molecular complexity index is 296. The van der Waals surface area contributed by atoms with Gasteiger partial charge in [0.25, 0.3) is 0 Å². The van der Waals surface area contributed by atoms with Crippen molar-refractivity contribution in [1.29, 1.82) is 0 Å². The molecule has 0 nitrogen and oxygen atoms in total. The van der Waals surface area contributed by atoms with Crippen molar-refractivity contribution in [2.45, 2.75) is 80.6 Å². The Kier molecular flexibility index (Phi) is 4.11. The second-order valence-corrected chi connectivity index (χ2v) is 9.01. The molecule has 1 radical (unpaired) electrons. The fourth-order valence-corrected chi connectivity index (χ4v) is 5.38. The third-order valence-corrected chi connectivity index (χ3v) is 6.55. The highest BCUT2D eigenvalue weighted by Gasteiger charge is 2.53. The van der Waals surface area contributed by atoms with Gasteiger partial charge in [-0.1, -0.05) is 67.7 Å². The zero-order chi connectivity index (χ0) is 14.4. The Morgan fingerprint density at radius 1 is 0.842 bits per heavy atom. The molecule has 0 aromatic heterocycles. The Morgan fingerprint density at radius 2 is 1.37 bits per heavy atom. The first-order chi connectivity index (χ1) is 8.67. The standard InChI is InChI=1S/C19H35/c1-13-9-8-10-14(2)16(15(13)3)17-18(4,5)11-12-19(17,6)7/h13-15,17H,8-12H2,1-7H3. The summed E-state index contributed by atoms with van der Waals surface area (Å²) in [6.07, 6.45) is 7.10. The number of rotatable bonds is 1. The Morgan fingerprint density at radius 3 is 1.89 bits per heavy atom. The lowest BCUT2D eigenvalue weighted by Gasteiger charge is -2.46. The molecule has 0 aromatic rings. The second-order valence-electron chi connectivity index (χ2n) is 9.01.